The number of fused-ring (bicyclic) bond motifs is 3. The SMILES string of the molecule is C[C@H]1Cc2c([nH]c3c(F)cccc23)[C@@H](c2c(F)cc(C(O)C3CNC3)cc2F)N1CC(F)(F)CO. The van der Waals surface area contributed by atoms with E-state index >= 15 is 8.78 Å². The molecule has 188 valence electrons. The molecule has 3 heterocycles. The molecule has 10 heteroatoms. The van der Waals surface area contributed by atoms with Crippen LogP contribution in [0.1, 0.15) is 41.5 Å². The van der Waals surface area contributed by atoms with Gasteiger partial charge in [-0.2, -0.15) is 0 Å². The van der Waals surface area contributed by atoms with Crippen molar-refractivity contribution in [1.29, 1.82) is 0 Å². The van der Waals surface area contributed by atoms with Crippen LogP contribution in [0.3, 0.4) is 0 Å². The second-order valence-electron chi connectivity index (χ2n) is 9.58. The van der Waals surface area contributed by atoms with Gasteiger partial charge >= 0.3 is 0 Å². The highest BCUT2D eigenvalue weighted by Crippen LogP contribution is 2.44. The first-order chi connectivity index (χ1) is 16.6. The molecule has 35 heavy (non-hydrogen) atoms. The van der Waals surface area contributed by atoms with E-state index in [-0.39, 0.29) is 29.1 Å². The fourth-order valence-corrected chi connectivity index (χ4v) is 5.26. The summed E-state index contributed by atoms with van der Waals surface area (Å²) in [6, 6.07) is 4.58. The largest absolute Gasteiger partial charge is 0.390 e. The smallest absolute Gasteiger partial charge is 0.283 e. The molecule has 0 aliphatic carbocycles. The van der Waals surface area contributed by atoms with Gasteiger partial charge in [0, 0.05) is 41.7 Å². The Morgan fingerprint density at radius 3 is 2.40 bits per heavy atom. The molecule has 0 spiro atoms. The number of para-hydroxylation sites is 1. The van der Waals surface area contributed by atoms with Gasteiger partial charge in [-0.15, -0.1) is 0 Å². The molecular formula is C25H26F5N3O2. The lowest BCUT2D eigenvalue weighted by atomic mass is 9.86. The molecule has 0 bridgehead atoms. The van der Waals surface area contributed by atoms with E-state index in [0.717, 1.165) is 12.1 Å². The number of benzene rings is 2. The van der Waals surface area contributed by atoms with E-state index in [1.165, 1.54) is 17.0 Å². The maximum atomic E-state index is 15.6. The van der Waals surface area contributed by atoms with Crippen molar-refractivity contribution in [3.05, 3.63) is 70.2 Å². The molecule has 1 unspecified atom stereocenters. The zero-order valence-electron chi connectivity index (χ0n) is 19.0. The van der Waals surface area contributed by atoms with Gasteiger partial charge in [0.15, 0.2) is 0 Å². The van der Waals surface area contributed by atoms with Gasteiger partial charge in [0.25, 0.3) is 5.92 Å². The van der Waals surface area contributed by atoms with E-state index in [1.807, 2.05) is 0 Å². The Labute approximate surface area is 198 Å². The van der Waals surface area contributed by atoms with E-state index in [0.29, 0.717) is 24.0 Å². The van der Waals surface area contributed by atoms with Crippen LogP contribution in [0.25, 0.3) is 10.9 Å². The molecule has 4 N–H and O–H groups in total. The van der Waals surface area contributed by atoms with Crippen molar-refractivity contribution in [2.45, 2.75) is 37.5 Å². The molecule has 3 atom stereocenters. The number of aromatic amines is 1. The van der Waals surface area contributed by atoms with E-state index < -0.39 is 60.3 Å². The van der Waals surface area contributed by atoms with Crippen LogP contribution in [0.5, 0.6) is 0 Å². The van der Waals surface area contributed by atoms with Crippen molar-refractivity contribution in [2.75, 3.05) is 26.2 Å². The van der Waals surface area contributed by atoms with Crippen LogP contribution < -0.4 is 5.32 Å². The van der Waals surface area contributed by atoms with Gasteiger partial charge in [-0.05, 0) is 42.7 Å². The predicted molar refractivity (Wildman–Crippen MR) is 120 cm³/mol. The Morgan fingerprint density at radius 1 is 1.11 bits per heavy atom. The average Bonchev–Trinajstić information content (AvgIpc) is 3.13. The highest BCUT2D eigenvalue weighted by molar-refractivity contribution is 5.86. The topological polar surface area (TPSA) is 71.5 Å². The molecule has 0 radical (unpaired) electrons. The third-order valence-electron chi connectivity index (χ3n) is 7.22. The number of H-pyrrole nitrogens is 1. The van der Waals surface area contributed by atoms with Crippen molar-refractivity contribution in [3.8, 4) is 0 Å². The van der Waals surface area contributed by atoms with Crippen LogP contribution in [0.2, 0.25) is 0 Å². The van der Waals surface area contributed by atoms with Crippen LogP contribution in [0.15, 0.2) is 30.3 Å². The Kier molecular flexibility index (Phi) is 6.11. The Hall–Kier alpha value is -2.53. The lowest BCUT2D eigenvalue weighted by Gasteiger charge is -2.42. The number of hydrogen-bond acceptors (Lipinski definition) is 4. The van der Waals surface area contributed by atoms with Gasteiger partial charge in [0.2, 0.25) is 0 Å². The summed E-state index contributed by atoms with van der Waals surface area (Å²) in [5.41, 5.74) is 0.557. The normalized spacial score (nSPS) is 22.3. The highest BCUT2D eigenvalue weighted by atomic mass is 19.3. The van der Waals surface area contributed by atoms with E-state index in [2.05, 4.69) is 10.3 Å². The summed E-state index contributed by atoms with van der Waals surface area (Å²) in [6.45, 7) is 0.298. The van der Waals surface area contributed by atoms with Crippen molar-refractivity contribution in [1.82, 2.24) is 15.2 Å². The Morgan fingerprint density at radius 2 is 1.80 bits per heavy atom. The van der Waals surface area contributed by atoms with Crippen LogP contribution >= 0.6 is 0 Å². The van der Waals surface area contributed by atoms with Crippen molar-refractivity contribution >= 4 is 10.9 Å². The second kappa shape index (κ2) is 8.85. The zero-order chi connectivity index (χ0) is 25.1. The van der Waals surface area contributed by atoms with Crippen molar-refractivity contribution in [3.63, 3.8) is 0 Å². The number of halogens is 5. The number of nitrogens with zero attached hydrogens (tertiary/aromatic N) is 1. The van der Waals surface area contributed by atoms with Gasteiger partial charge in [0.1, 0.15) is 24.1 Å². The number of aliphatic hydroxyl groups excluding tert-OH is 2. The van der Waals surface area contributed by atoms with E-state index in [1.54, 1.807) is 13.0 Å². The zero-order valence-corrected chi connectivity index (χ0v) is 19.0. The number of rotatable bonds is 6. The first-order valence-corrected chi connectivity index (χ1v) is 11.5. The fourth-order valence-electron chi connectivity index (χ4n) is 5.26. The molecule has 1 fully saturated rings. The molecule has 2 aliphatic heterocycles. The summed E-state index contributed by atoms with van der Waals surface area (Å²) in [7, 11) is 0. The molecule has 1 aromatic heterocycles. The number of aliphatic hydroxyl groups is 2. The Bertz CT molecular complexity index is 1240. The summed E-state index contributed by atoms with van der Waals surface area (Å²) in [5, 5.41) is 23.2. The maximum absolute atomic E-state index is 15.6. The number of alkyl halides is 2. The fraction of sp³-hybridized carbons (Fsp3) is 0.440. The van der Waals surface area contributed by atoms with Gasteiger partial charge in [0.05, 0.1) is 24.2 Å². The summed E-state index contributed by atoms with van der Waals surface area (Å²) < 4.78 is 74.4. The van der Waals surface area contributed by atoms with Crippen LogP contribution in [0.4, 0.5) is 22.0 Å². The van der Waals surface area contributed by atoms with Gasteiger partial charge in [-0.25, -0.2) is 22.0 Å². The van der Waals surface area contributed by atoms with Gasteiger partial charge < -0.3 is 20.5 Å². The van der Waals surface area contributed by atoms with Gasteiger partial charge in [-0.3, -0.25) is 4.90 Å². The lowest BCUT2D eigenvalue weighted by Crippen LogP contribution is -2.49. The molecule has 1 saturated heterocycles. The van der Waals surface area contributed by atoms with Crippen LogP contribution in [-0.4, -0.2) is 58.3 Å². The molecule has 2 aromatic carbocycles. The van der Waals surface area contributed by atoms with E-state index in [4.69, 9.17) is 0 Å². The standard InChI is InChI=1S/C25H26F5N3O2/c1-12-5-16-15-3-2-4-17(26)21(15)32-22(16)23(33(12)10-25(29,30)11-34)20-18(27)6-13(7-19(20)28)24(35)14-8-31-9-14/h2-4,6-7,12,14,23-24,31-32,34-35H,5,8-11H2,1H3/t12-,23+,24?/m0/s1. The summed E-state index contributed by atoms with van der Waals surface area (Å²) >= 11 is 0. The quantitative estimate of drug-likeness (QED) is 0.393. The molecule has 5 nitrogen and oxygen atoms in total. The molecule has 5 rings (SSSR count). The van der Waals surface area contributed by atoms with Crippen molar-refractivity contribution < 1.29 is 32.2 Å². The minimum atomic E-state index is -3.53. The molecule has 3 aromatic rings. The third-order valence-corrected chi connectivity index (χ3v) is 7.22. The second-order valence-corrected chi connectivity index (χ2v) is 9.58. The minimum Gasteiger partial charge on any atom is -0.390 e. The summed E-state index contributed by atoms with van der Waals surface area (Å²) in [4.78, 5) is 4.14. The average molecular weight is 495 g/mol. The Balaban J connectivity index is 1.68. The first kappa shape index (κ1) is 24.2. The predicted octanol–water partition coefficient (Wildman–Crippen LogP) is 3.80. The molecule has 0 saturated carbocycles. The first-order valence-electron chi connectivity index (χ1n) is 11.5. The number of nitrogens with one attached hydrogen (secondary N) is 2. The monoisotopic (exact) mass is 495 g/mol. The number of aromatic nitrogens is 1. The molecule has 2 aliphatic rings. The lowest BCUT2D eigenvalue weighted by molar-refractivity contribution is -0.0869. The summed E-state index contributed by atoms with van der Waals surface area (Å²) in [6.07, 6.45) is -0.835. The van der Waals surface area contributed by atoms with Crippen molar-refractivity contribution in [2.24, 2.45) is 5.92 Å². The minimum absolute atomic E-state index is 0.0641. The van der Waals surface area contributed by atoms with Crippen LogP contribution in [0, 0.1) is 23.4 Å². The number of hydrogen-bond donors (Lipinski definition) is 4. The molecule has 0 amide bonds. The maximum Gasteiger partial charge on any atom is 0.283 e. The summed E-state index contributed by atoms with van der Waals surface area (Å²) in [5.74, 6) is -6.26. The van der Waals surface area contributed by atoms with Crippen LogP contribution in [-0.2, 0) is 6.42 Å². The third kappa shape index (κ3) is 4.12. The molecular weight excluding hydrogens is 469 g/mol. The van der Waals surface area contributed by atoms with Gasteiger partial charge in [-0.1, -0.05) is 12.1 Å². The van der Waals surface area contributed by atoms with E-state index in [9.17, 15) is 23.4 Å². The highest BCUT2D eigenvalue weighted by Gasteiger charge is 2.44.